The number of nitrogens with zero attached hydrogens (tertiary/aromatic N) is 2. The van der Waals surface area contributed by atoms with Crippen LogP contribution < -0.4 is 16.2 Å². The van der Waals surface area contributed by atoms with Gasteiger partial charge in [-0.2, -0.15) is 5.10 Å². The van der Waals surface area contributed by atoms with Gasteiger partial charge in [0.05, 0.1) is 0 Å². The van der Waals surface area contributed by atoms with Gasteiger partial charge in [0.2, 0.25) is 0 Å². The van der Waals surface area contributed by atoms with Crippen LogP contribution in [0.2, 0.25) is 0 Å². The zero-order valence-electron chi connectivity index (χ0n) is 13.4. The highest BCUT2D eigenvalue weighted by Gasteiger charge is 2.18. The summed E-state index contributed by atoms with van der Waals surface area (Å²) >= 11 is 0. The highest BCUT2D eigenvalue weighted by molar-refractivity contribution is 5.96. The van der Waals surface area contributed by atoms with Crippen molar-refractivity contribution in [2.24, 2.45) is 7.05 Å². The van der Waals surface area contributed by atoms with Gasteiger partial charge in [-0.3, -0.25) is 14.9 Å². The maximum atomic E-state index is 11.7. The molecule has 1 fully saturated rings. The summed E-state index contributed by atoms with van der Waals surface area (Å²) in [6.07, 6.45) is 5.07. The Hall–Kier alpha value is -2.71. The van der Waals surface area contributed by atoms with Crippen molar-refractivity contribution in [2.45, 2.75) is 38.1 Å². The Morgan fingerprint density at radius 2 is 1.96 bits per heavy atom. The molecule has 0 spiro atoms. The van der Waals surface area contributed by atoms with Gasteiger partial charge in [-0.25, -0.2) is 14.3 Å². The second-order valence-corrected chi connectivity index (χ2v) is 5.61. The first kappa shape index (κ1) is 17.6. The molecule has 1 aromatic rings. The van der Waals surface area contributed by atoms with Crippen molar-refractivity contribution < 1.29 is 19.1 Å². The molecule has 9 nitrogen and oxygen atoms in total. The lowest BCUT2D eigenvalue weighted by molar-refractivity contribution is -0.123. The van der Waals surface area contributed by atoms with Crippen LogP contribution in [0.3, 0.4) is 0 Å². The maximum Gasteiger partial charge on any atom is 0.359 e. The van der Waals surface area contributed by atoms with E-state index in [1.807, 2.05) is 0 Å². The maximum absolute atomic E-state index is 11.7. The zero-order chi connectivity index (χ0) is 17.5. The molecule has 2 N–H and O–H groups in total. The molecule has 0 atom stereocenters. The Balaban J connectivity index is 1.75. The lowest BCUT2D eigenvalue weighted by Gasteiger charge is -2.22. The van der Waals surface area contributed by atoms with Crippen LogP contribution in [0.15, 0.2) is 16.9 Å². The molecule has 1 aliphatic carbocycles. The Kier molecular flexibility index (Phi) is 6.05. The summed E-state index contributed by atoms with van der Waals surface area (Å²) in [5.74, 6) is -1.59. The summed E-state index contributed by atoms with van der Waals surface area (Å²) in [4.78, 5) is 46.2. The third-order valence-corrected chi connectivity index (χ3v) is 3.70. The molecule has 0 radical (unpaired) electrons. The first-order valence-corrected chi connectivity index (χ1v) is 7.77. The monoisotopic (exact) mass is 336 g/mol. The number of amides is 3. The zero-order valence-corrected chi connectivity index (χ0v) is 13.4. The highest BCUT2D eigenvalue weighted by atomic mass is 16.5. The van der Waals surface area contributed by atoms with Gasteiger partial charge in [0, 0.05) is 19.2 Å². The van der Waals surface area contributed by atoms with Crippen LogP contribution in [0.1, 0.15) is 42.6 Å². The Labute approximate surface area is 138 Å². The Bertz CT molecular complexity index is 679. The molecule has 0 aromatic carbocycles. The number of urea groups is 1. The SMILES string of the molecule is Cn1nc(C(=O)OCC(=O)NC(=O)NC2CCCCC2)ccc1=O. The van der Waals surface area contributed by atoms with Crippen molar-refractivity contribution >= 4 is 17.9 Å². The molecule has 0 aliphatic heterocycles. The minimum absolute atomic E-state index is 0.0731. The van der Waals surface area contributed by atoms with Crippen LogP contribution in [-0.2, 0) is 16.6 Å². The number of carbonyl (C=O) groups excluding carboxylic acids is 3. The number of carbonyl (C=O) groups is 3. The van der Waals surface area contributed by atoms with Gasteiger partial charge in [0.15, 0.2) is 12.3 Å². The molecule has 0 bridgehead atoms. The van der Waals surface area contributed by atoms with Crippen molar-refractivity contribution in [3.05, 3.63) is 28.2 Å². The summed E-state index contributed by atoms with van der Waals surface area (Å²) in [5.41, 5.74) is -0.472. The van der Waals surface area contributed by atoms with E-state index in [0.29, 0.717) is 0 Å². The van der Waals surface area contributed by atoms with Gasteiger partial charge in [-0.05, 0) is 18.9 Å². The van der Waals surface area contributed by atoms with E-state index in [1.54, 1.807) is 0 Å². The lowest BCUT2D eigenvalue weighted by Crippen LogP contribution is -2.46. The largest absolute Gasteiger partial charge is 0.451 e. The summed E-state index contributed by atoms with van der Waals surface area (Å²) < 4.78 is 5.75. The molecule has 0 unspecified atom stereocenters. The Morgan fingerprint density at radius 3 is 2.62 bits per heavy atom. The van der Waals surface area contributed by atoms with Crippen LogP contribution >= 0.6 is 0 Å². The Morgan fingerprint density at radius 1 is 1.25 bits per heavy atom. The van der Waals surface area contributed by atoms with Crippen LogP contribution in [0.25, 0.3) is 0 Å². The van der Waals surface area contributed by atoms with Gasteiger partial charge in [-0.15, -0.1) is 0 Å². The predicted molar refractivity (Wildman–Crippen MR) is 83.3 cm³/mol. The first-order valence-electron chi connectivity index (χ1n) is 7.77. The number of esters is 1. The van der Waals surface area contributed by atoms with Crippen molar-refractivity contribution in [1.82, 2.24) is 20.4 Å². The molecule has 2 rings (SSSR count). The van der Waals surface area contributed by atoms with E-state index in [-0.39, 0.29) is 17.3 Å². The van der Waals surface area contributed by atoms with Crippen LogP contribution in [0, 0.1) is 0 Å². The fourth-order valence-corrected chi connectivity index (χ4v) is 2.45. The second-order valence-electron chi connectivity index (χ2n) is 5.61. The molecular formula is C15H20N4O5. The number of nitrogens with one attached hydrogen (secondary N) is 2. The third-order valence-electron chi connectivity index (χ3n) is 3.70. The molecule has 1 saturated carbocycles. The van der Waals surface area contributed by atoms with Gasteiger partial charge in [-0.1, -0.05) is 19.3 Å². The fourth-order valence-electron chi connectivity index (χ4n) is 2.45. The molecule has 9 heteroatoms. The number of ether oxygens (including phenoxy) is 1. The van der Waals surface area contributed by atoms with Crippen molar-refractivity contribution in [3.63, 3.8) is 0 Å². The molecule has 130 valence electrons. The van der Waals surface area contributed by atoms with Gasteiger partial charge < -0.3 is 10.1 Å². The van der Waals surface area contributed by atoms with E-state index < -0.39 is 24.5 Å². The average Bonchev–Trinajstić information content (AvgIpc) is 2.56. The van der Waals surface area contributed by atoms with Crippen molar-refractivity contribution in [2.75, 3.05) is 6.61 Å². The smallest absolute Gasteiger partial charge is 0.359 e. The molecule has 24 heavy (non-hydrogen) atoms. The number of imide groups is 1. The lowest BCUT2D eigenvalue weighted by atomic mass is 9.96. The minimum atomic E-state index is -0.853. The van der Waals surface area contributed by atoms with Gasteiger partial charge >= 0.3 is 12.0 Å². The minimum Gasteiger partial charge on any atom is -0.451 e. The quantitative estimate of drug-likeness (QED) is 0.752. The normalized spacial score (nSPS) is 14.7. The first-order chi connectivity index (χ1) is 11.5. The number of aryl methyl sites for hydroxylation is 1. The number of rotatable bonds is 4. The molecular weight excluding hydrogens is 316 g/mol. The third kappa shape index (κ3) is 5.18. The predicted octanol–water partition coefficient (Wildman–Crippen LogP) is 0.0956. The van der Waals surface area contributed by atoms with Crippen LogP contribution in [0.4, 0.5) is 4.79 Å². The molecule has 0 saturated heterocycles. The molecule has 3 amide bonds. The summed E-state index contributed by atoms with van der Waals surface area (Å²) in [7, 11) is 1.39. The number of hydrogen-bond donors (Lipinski definition) is 2. The van der Waals surface area contributed by atoms with E-state index in [0.717, 1.165) is 36.8 Å². The van der Waals surface area contributed by atoms with E-state index >= 15 is 0 Å². The van der Waals surface area contributed by atoms with Crippen LogP contribution in [0.5, 0.6) is 0 Å². The average molecular weight is 336 g/mol. The number of aromatic nitrogens is 2. The van der Waals surface area contributed by atoms with Gasteiger partial charge in [0.25, 0.3) is 11.5 Å². The number of hydrogen-bond acceptors (Lipinski definition) is 6. The van der Waals surface area contributed by atoms with Crippen molar-refractivity contribution in [1.29, 1.82) is 0 Å². The van der Waals surface area contributed by atoms with E-state index in [9.17, 15) is 19.2 Å². The summed E-state index contributed by atoms with van der Waals surface area (Å²) in [5, 5.41) is 8.54. The van der Waals surface area contributed by atoms with E-state index in [2.05, 4.69) is 15.7 Å². The second kappa shape index (κ2) is 8.23. The molecule has 1 heterocycles. The summed E-state index contributed by atoms with van der Waals surface area (Å²) in [6.45, 7) is -0.610. The van der Waals surface area contributed by atoms with E-state index in [1.165, 1.54) is 19.2 Å². The van der Waals surface area contributed by atoms with Crippen molar-refractivity contribution in [3.8, 4) is 0 Å². The summed E-state index contributed by atoms with van der Waals surface area (Å²) in [6, 6.07) is 1.85. The topological polar surface area (TPSA) is 119 Å². The molecule has 1 aromatic heterocycles. The highest BCUT2D eigenvalue weighted by Crippen LogP contribution is 2.17. The van der Waals surface area contributed by atoms with Gasteiger partial charge in [0.1, 0.15) is 0 Å². The van der Waals surface area contributed by atoms with Crippen LogP contribution in [-0.4, -0.2) is 40.3 Å². The van der Waals surface area contributed by atoms with E-state index in [4.69, 9.17) is 4.74 Å². The molecule has 1 aliphatic rings. The fraction of sp³-hybridized carbons (Fsp3) is 0.533. The standard InChI is InChI=1S/C15H20N4O5/c1-19-13(21)8-7-11(18-19)14(22)24-9-12(20)17-15(23)16-10-5-3-2-4-6-10/h7-8,10H,2-6,9H2,1H3,(H2,16,17,20,23).